The highest BCUT2D eigenvalue weighted by molar-refractivity contribution is 8.14. The van der Waals surface area contributed by atoms with Crippen molar-refractivity contribution in [2.45, 2.75) is 110 Å². The Kier molecular flexibility index (Phi) is 17.3. The molecule has 1 saturated heterocycles. The number of aliphatic hydroxyl groups excluding tert-OH is 2. The predicted octanol–water partition coefficient (Wildman–Crippen LogP) is 1.99. The molecule has 4 aliphatic rings. The average molecular weight is 1070 g/mol. The quantitative estimate of drug-likeness (QED) is 0.0490. The lowest BCUT2D eigenvalue weighted by Gasteiger charge is -2.55. The SMILES string of the molecule is CC(=O)[C@@]1(C)/C(=C/C(=O)SCCNC(=O)CCNC(=O)[C@H](O)C(C)(C)COP(=O)(O)OP(=O)(O)OC[C@H]2O[C@@H](n3cnc4c(N)ncnc43)[C@H](O)[C@@H]2OP(=O)(O)O)CC[C@@H]2[C@@H]1CC[C@]1(C)C(=O)CC[C@@H]21. The summed E-state index contributed by atoms with van der Waals surface area (Å²) < 4.78 is 62.6. The molecule has 390 valence electrons. The van der Waals surface area contributed by atoms with Gasteiger partial charge < -0.3 is 50.9 Å². The fourth-order valence-electron chi connectivity index (χ4n) is 10.2. The van der Waals surface area contributed by atoms with Crippen LogP contribution in [0.4, 0.5) is 5.82 Å². The third kappa shape index (κ3) is 12.5. The van der Waals surface area contributed by atoms with E-state index in [1.165, 1.54) is 13.8 Å². The molecule has 2 amide bonds. The van der Waals surface area contributed by atoms with Crippen LogP contribution in [-0.2, 0) is 60.3 Å². The van der Waals surface area contributed by atoms with Gasteiger partial charge >= 0.3 is 23.5 Å². The van der Waals surface area contributed by atoms with Crippen LogP contribution >= 0.6 is 35.2 Å². The van der Waals surface area contributed by atoms with Gasteiger partial charge in [0, 0.05) is 42.5 Å². The monoisotopic (exact) mass is 1070 g/mol. The van der Waals surface area contributed by atoms with Crippen LogP contribution in [0.2, 0.25) is 0 Å². The molecule has 2 aromatic rings. The third-order valence-electron chi connectivity index (χ3n) is 14.1. The second-order valence-corrected chi connectivity index (χ2v) is 24.3. The topological polar surface area (TPSA) is 398 Å². The van der Waals surface area contributed by atoms with Gasteiger partial charge in [0.2, 0.25) is 16.9 Å². The number of nitrogens with two attached hydrogens (primary N) is 1. The van der Waals surface area contributed by atoms with Crippen LogP contribution in [0.25, 0.3) is 11.2 Å². The number of anilines is 1. The first-order valence-corrected chi connectivity index (χ1v) is 27.8. The van der Waals surface area contributed by atoms with Crippen molar-refractivity contribution in [3.8, 4) is 0 Å². The molecule has 70 heavy (non-hydrogen) atoms. The van der Waals surface area contributed by atoms with E-state index < -0.39 is 90.0 Å². The van der Waals surface area contributed by atoms with Gasteiger partial charge in [-0.15, -0.1) is 0 Å². The summed E-state index contributed by atoms with van der Waals surface area (Å²) in [5.74, 6) is -0.472. The molecule has 26 nitrogen and oxygen atoms in total. The van der Waals surface area contributed by atoms with E-state index >= 15 is 0 Å². The maximum absolute atomic E-state index is 13.2. The molecule has 0 bridgehead atoms. The number of carbonyl (C=O) groups excluding carboxylic acids is 5. The summed E-state index contributed by atoms with van der Waals surface area (Å²) in [7, 11) is -16.5. The van der Waals surface area contributed by atoms with Crippen molar-refractivity contribution in [2.24, 2.45) is 34.0 Å². The van der Waals surface area contributed by atoms with E-state index in [9.17, 15) is 67.5 Å². The molecule has 10 N–H and O–H groups in total. The number of imidazole rings is 1. The zero-order valence-electron chi connectivity index (χ0n) is 38.9. The second-order valence-electron chi connectivity index (χ2n) is 19.0. The van der Waals surface area contributed by atoms with Crippen molar-refractivity contribution in [2.75, 3.05) is 37.8 Å². The summed E-state index contributed by atoms with van der Waals surface area (Å²) >= 11 is 0.988. The number of carbonyl (C=O) groups is 5. The van der Waals surface area contributed by atoms with Crippen LogP contribution in [0.15, 0.2) is 24.3 Å². The molecule has 12 atom stereocenters. The van der Waals surface area contributed by atoms with Crippen LogP contribution < -0.4 is 16.4 Å². The number of Topliss-reactive ketones (excluding diaryl/α,β-unsaturated/α-hetero) is 2. The normalized spacial score (nSPS) is 30.8. The van der Waals surface area contributed by atoms with Crippen LogP contribution in [0.3, 0.4) is 0 Å². The zero-order chi connectivity index (χ0) is 51.8. The van der Waals surface area contributed by atoms with E-state index in [0.29, 0.717) is 18.6 Å². The van der Waals surface area contributed by atoms with E-state index in [1.54, 1.807) is 13.0 Å². The number of nitrogens with zero attached hydrogens (tertiary/aromatic N) is 4. The Balaban J connectivity index is 0.910. The largest absolute Gasteiger partial charge is 0.481 e. The molecular formula is C40H60N7O19P3S. The number of allylic oxidation sites excluding steroid dienone is 1. The van der Waals surface area contributed by atoms with E-state index in [2.05, 4.69) is 41.3 Å². The van der Waals surface area contributed by atoms with Gasteiger partial charge in [0.1, 0.15) is 47.8 Å². The van der Waals surface area contributed by atoms with Crippen LogP contribution in [0.5, 0.6) is 0 Å². The van der Waals surface area contributed by atoms with Gasteiger partial charge in [-0.2, -0.15) is 4.31 Å². The summed E-state index contributed by atoms with van der Waals surface area (Å²) in [6.07, 6.45) is -1.23. The number of nitrogens with one attached hydrogen (secondary N) is 2. The van der Waals surface area contributed by atoms with E-state index in [4.69, 9.17) is 19.5 Å². The number of hydrogen-bond acceptors (Lipinski definition) is 20. The molecule has 3 heterocycles. The van der Waals surface area contributed by atoms with Gasteiger partial charge in [-0.05, 0) is 69.8 Å². The number of rotatable bonds is 21. The summed E-state index contributed by atoms with van der Waals surface area (Å²) in [6.45, 7) is 5.85. The average Bonchev–Trinajstić information content (AvgIpc) is 3.93. The molecule has 30 heteroatoms. The summed E-state index contributed by atoms with van der Waals surface area (Å²) in [6, 6.07) is 0. The molecule has 3 saturated carbocycles. The highest BCUT2D eigenvalue weighted by Crippen LogP contribution is 2.64. The van der Waals surface area contributed by atoms with Crippen molar-refractivity contribution in [1.82, 2.24) is 30.2 Å². The fourth-order valence-corrected chi connectivity index (χ4v) is 13.6. The number of phosphoric ester groups is 3. The number of ketones is 2. The first-order chi connectivity index (χ1) is 32.5. The van der Waals surface area contributed by atoms with E-state index in [-0.39, 0.29) is 76.3 Å². The number of amides is 2. The number of aromatic nitrogens is 4. The van der Waals surface area contributed by atoms with Gasteiger partial charge in [0.05, 0.1) is 25.0 Å². The highest BCUT2D eigenvalue weighted by Gasteiger charge is 2.60. The molecule has 0 spiro atoms. The fraction of sp³-hybridized carbons (Fsp3) is 0.700. The predicted molar refractivity (Wildman–Crippen MR) is 245 cm³/mol. The Morgan fingerprint density at radius 3 is 2.40 bits per heavy atom. The maximum atomic E-state index is 13.2. The molecular weight excluding hydrogens is 1010 g/mol. The lowest BCUT2D eigenvalue weighted by atomic mass is 9.48. The lowest BCUT2D eigenvalue weighted by Crippen LogP contribution is -2.52. The van der Waals surface area contributed by atoms with Crippen LogP contribution in [0.1, 0.15) is 85.8 Å². The van der Waals surface area contributed by atoms with Gasteiger partial charge in [-0.1, -0.05) is 38.1 Å². The van der Waals surface area contributed by atoms with Crippen molar-refractivity contribution in [1.29, 1.82) is 0 Å². The smallest absolute Gasteiger partial charge is 0.386 e. The molecule has 0 radical (unpaired) electrons. The summed E-state index contributed by atoms with van der Waals surface area (Å²) in [5.41, 5.74) is 3.88. The summed E-state index contributed by atoms with van der Waals surface area (Å²) in [4.78, 5) is 116. The first-order valence-electron chi connectivity index (χ1n) is 22.3. The van der Waals surface area contributed by atoms with Crippen molar-refractivity contribution < 1.29 is 90.1 Å². The van der Waals surface area contributed by atoms with Crippen molar-refractivity contribution in [3.63, 3.8) is 0 Å². The summed E-state index contributed by atoms with van der Waals surface area (Å²) in [5, 5.41) is 26.4. The Hall–Kier alpha value is -3.36. The molecule has 2 unspecified atom stereocenters. The number of nitrogen functional groups attached to an aromatic ring is 1. The molecule has 6 rings (SSSR count). The standard InChI is InChI=1S/C40H60N7O19P3S/c1-21(48)40(5)22(6-7-23-24-8-9-27(49)39(24,4)12-10-25(23)40)16-29(51)70-15-14-42-28(50)11-13-43-36(54)33(53)38(2,3)18-63-69(60,61)66-68(58,59)62-17-26-32(65-67(55,56)57)31(52)37(64-26)47-20-46-30-34(41)44-19-45-35(30)47/h16,19-20,23-26,31-33,37,52-53H,6-15,17-18H2,1-5H3,(H,42,50)(H,43,54)(H,58,59)(H,60,61)(H2,41,44,45)(H2,55,56,57)/b22-16+/t23-,24-,25-,26+,31+,32+,33-,37+,39-,40-/m0/s1. The zero-order valence-corrected chi connectivity index (χ0v) is 42.4. The van der Waals surface area contributed by atoms with Crippen molar-refractivity contribution >= 4 is 80.7 Å². The van der Waals surface area contributed by atoms with Gasteiger partial charge in [-0.3, -0.25) is 42.1 Å². The van der Waals surface area contributed by atoms with E-state index in [1.807, 2.05) is 6.92 Å². The molecule has 0 aromatic carbocycles. The number of ether oxygens (including phenoxy) is 1. The minimum absolute atomic E-state index is 0.000428. The highest BCUT2D eigenvalue weighted by atomic mass is 32.2. The number of phosphoric acid groups is 3. The number of hydrogen-bond donors (Lipinski definition) is 9. The minimum Gasteiger partial charge on any atom is -0.386 e. The van der Waals surface area contributed by atoms with Crippen LogP contribution in [-0.4, -0.2) is 134 Å². The Morgan fingerprint density at radius 1 is 1.01 bits per heavy atom. The molecule has 3 aliphatic carbocycles. The maximum Gasteiger partial charge on any atom is 0.481 e. The van der Waals surface area contributed by atoms with Crippen molar-refractivity contribution in [3.05, 3.63) is 24.3 Å². The Bertz CT molecular complexity index is 2530. The number of fused-ring (bicyclic) bond motifs is 4. The number of thioether (sulfide) groups is 1. The van der Waals surface area contributed by atoms with E-state index in [0.717, 1.165) is 60.2 Å². The minimum atomic E-state index is -5.61. The number of aliphatic hydroxyl groups is 2. The first kappa shape index (κ1) is 55.9. The van der Waals surface area contributed by atoms with Gasteiger partial charge in [0.15, 0.2) is 17.7 Å². The van der Waals surface area contributed by atoms with Crippen LogP contribution in [0, 0.1) is 34.0 Å². The molecule has 1 aliphatic heterocycles. The Labute approximate surface area is 406 Å². The molecule has 2 aromatic heterocycles. The third-order valence-corrected chi connectivity index (χ3v) is 18.0. The molecule has 4 fully saturated rings. The Morgan fingerprint density at radius 2 is 1.71 bits per heavy atom. The lowest BCUT2D eigenvalue weighted by molar-refractivity contribution is -0.138. The van der Waals surface area contributed by atoms with Gasteiger partial charge in [0.25, 0.3) is 0 Å². The second kappa shape index (κ2) is 21.6. The van der Waals surface area contributed by atoms with Gasteiger partial charge in [-0.25, -0.2) is 28.6 Å².